The lowest BCUT2D eigenvalue weighted by Gasteiger charge is -2.08. The summed E-state index contributed by atoms with van der Waals surface area (Å²) in [5, 5.41) is 5.07. The van der Waals surface area contributed by atoms with Gasteiger partial charge in [0.15, 0.2) is 5.82 Å². The van der Waals surface area contributed by atoms with E-state index in [0.29, 0.717) is 5.69 Å². The van der Waals surface area contributed by atoms with Gasteiger partial charge in [-0.3, -0.25) is 9.59 Å². The molecule has 0 saturated carbocycles. The van der Waals surface area contributed by atoms with Crippen LogP contribution < -0.4 is 10.6 Å². The van der Waals surface area contributed by atoms with E-state index >= 15 is 0 Å². The topological polar surface area (TPSA) is 58.2 Å². The molecule has 0 heterocycles. The molecule has 0 radical (unpaired) electrons. The summed E-state index contributed by atoms with van der Waals surface area (Å²) in [6.07, 6.45) is 0.0896. The Kier molecular flexibility index (Phi) is 5.12. The average molecular weight is 321 g/mol. The van der Waals surface area contributed by atoms with E-state index in [1.165, 1.54) is 19.1 Å². The molecule has 0 aliphatic rings. The fraction of sp³-hybridized carbons (Fsp3) is 0.125. The van der Waals surface area contributed by atoms with Gasteiger partial charge in [-0.2, -0.15) is 0 Å². The molecule has 0 spiro atoms. The summed E-state index contributed by atoms with van der Waals surface area (Å²) in [5.74, 6) is -1.17. The first-order valence-corrected chi connectivity index (χ1v) is 6.94. The van der Waals surface area contributed by atoms with Crippen LogP contribution in [-0.2, 0) is 16.0 Å². The molecular formula is C16H14ClFN2O2. The minimum absolute atomic E-state index is 0.0440. The Hall–Kier alpha value is -2.40. The van der Waals surface area contributed by atoms with Crippen LogP contribution in [0.5, 0.6) is 0 Å². The van der Waals surface area contributed by atoms with Crippen LogP contribution in [-0.4, -0.2) is 11.8 Å². The van der Waals surface area contributed by atoms with Gasteiger partial charge < -0.3 is 10.6 Å². The third-order valence-electron chi connectivity index (χ3n) is 2.86. The molecule has 2 amide bonds. The van der Waals surface area contributed by atoms with Gasteiger partial charge in [-0.25, -0.2) is 4.39 Å². The molecule has 0 atom stereocenters. The monoisotopic (exact) mass is 320 g/mol. The van der Waals surface area contributed by atoms with Gasteiger partial charge in [0.2, 0.25) is 11.8 Å². The summed E-state index contributed by atoms with van der Waals surface area (Å²) in [7, 11) is 0. The number of hydrogen-bond donors (Lipinski definition) is 2. The van der Waals surface area contributed by atoms with Crippen LogP contribution in [0.3, 0.4) is 0 Å². The smallest absolute Gasteiger partial charge is 0.228 e. The first-order chi connectivity index (χ1) is 10.5. The van der Waals surface area contributed by atoms with Crippen molar-refractivity contribution < 1.29 is 14.0 Å². The quantitative estimate of drug-likeness (QED) is 0.904. The van der Waals surface area contributed by atoms with Gasteiger partial charge in [0.25, 0.3) is 0 Å². The molecule has 4 nitrogen and oxygen atoms in total. The van der Waals surface area contributed by atoms with Crippen molar-refractivity contribution in [2.75, 3.05) is 10.6 Å². The van der Waals surface area contributed by atoms with Crippen molar-refractivity contribution in [2.45, 2.75) is 13.3 Å². The molecule has 6 heteroatoms. The maximum atomic E-state index is 13.7. The van der Waals surface area contributed by atoms with E-state index in [1.54, 1.807) is 30.3 Å². The van der Waals surface area contributed by atoms with Crippen LogP contribution in [0.4, 0.5) is 15.8 Å². The Morgan fingerprint density at radius 3 is 2.41 bits per heavy atom. The van der Waals surface area contributed by atoms with Gasteiger partial charge in [-0.1, -0.05) is 29.8 Å². The summed E-state index contributed by atoms with van der Waals surface area (Å²) in [4.78, 5) is 22.8. The van der Waals surface area contributed by atoms with E-state index in [-0.39, 0.29) is 28.9 Å². The molecule has 0 unspecified atom stereocenters. The molecule has 0 aromatic heterocycles. The summed E-state index contributed by atoms with van der Waals surface area (Å²) in [6, 6.07) is 11.3. The Labute approximate surface area is 132 Å². The third-order valence-corrected chi connectivity index (χ3v) is 3.16. The highest BCUT2D eigenvalue weighted by molar-refractivity contribution is 6.31. The summed E-state index contributed by atoms with van der Waals surface area (Å²) >= 11 is 5.66. The third kappa shape index (κ3) is 4.30. The van der Waals surface area contributed by atoms with Crippen LogP contribution in [0.15, 0.2) is 42.5 Å². The van der Waals surface area contributed by atoms with Gasteiger partial charge >= 0.3 is 0 Å². The van der Waals surface area contributed by atoms with Gasteiger partial charge in [0.1, 0.15) is 0 Å². The van der Waals surface area contributed by atoms with Crippen LogP contribution in [0, 0.1) is 5.82 Å². The van der Waals surface area contributed by atoms with Crippen LogP contribution >= 0.6 is 11.6 Å². The maximum Gasteiger partial charge on any atom is 0.228 e. The lowest BCUT2D eigenvalue weighted by atomic mass is 10.1. The first-order valence-electron chi connectivity index (χ1n) is 6.56. The molecule has 2 rings (SSSR count). The van der Waals surface area contributed by atoms with E-state index in [4.69, 9.17) is 11.6 Å². The highest BCUT2D eigenvalue weighted by Gasteiger charge is 2.10. The van der Waals surface area contributed by atoms with E-state index in [1.807, 2.05) is 0 Å². The highest BCUT2D eigenvalue weighted by Crippen LogP contribution is 2.22. The zero-order chi connectivity index (χ0) is 16.1. The van der Waals surface area contributed by atoms with E-state index in [2.05, 4.69) is 10.6 Å². The Morgan fingerprint density at radius 2 is 1.77 bits per heavy atom. The first kappa shape index (κ1) is 16.0. The molecule has 22 heavy (non-hydrogen) atoms. The molecule has 114 valence electrons. The van der Waals surface area contributed by atoms with E-state index < -0.39 is 5.82 Å². The lowest BCUT2D eigenvalue weighted by molar-refractivity contribution is -0.116. The molecular weight excluding hydrogens is 307 g/mol. The standard InChI is InChI=1S/C16H14ClFN2O2/c1-10(21)19-12-7-5-11(6-8-12)9-15(22)20-14-4-2-3-13(17)16(14)18/h2-8H,9H2,1H3,(H,19,21)(H,20,22). The van der Waals surface area contributed by atoms with Gasteiger partial charge in [-0.15, -0.1) is 0 Å². The molecule has 2 N–H and O–H groups in total. The Morgan fingerprint density at radius 1 is 1.09 bits per heavy atom. The number of carbonyl (C=O) groups is 2. The minimum atomic E-state index is -0.654. The van der Waals surface area contributed by atoms with Crippen molar-refractivity contribution in [1.82, 2.24) is 0 Å². The lowest BCUT2D eigenvalue weighted by Crippen LogP contribution is -2.15. The number of halogens is 2. The molecule has 0 bridgehead atoms. The number of carbonyl (C=O) groups excluding carboxylic acids is 2. The number of nitrogens with one attached hydrogen (secondary N) is 2. The highest BCUT2D eigenvalue weighted by atomic mass is 35.5. The van der Waals surface area contributed by atoms with E-state index in [0.717, 1.165) is 5.56 Å². The zero-order valence-corrected chi connectivity index (χ0v) is 12.6. The maximum absolute atomic E-state index is 13.7. The number of benzene rings is 2. The molecule has 2 aromatic rings. The van der Waals surface area contributed by atoms with Gasteiger partial charge in [0, 0.05) is 12.6 Å². The Balaban J connectivity index is 2.00. The van der Waals surface area contributed by atoms with Crippen molar-refractivity contribution in [3.05, 3.63) is 58.9 Å². The molecule has 0 fully saturated rings. The van der Waals surface area contributed by atoms with Gasteiger partial charge in [0.05, 0.1) is 17.1 Å². The molecule has 0 saturated heterocycles. The number of anilines is 2. The second kappa shape index (κ2) is 7.04. The summed E-state index contributed by atoms with van der Waals surface area (Å²) < 4.78 is 13.7. The number of hydrogen-bond acceptors (Lipinski definition) is 2. The second-order valence-electron chi connectivity index (χ2n) is 4.70. The molecule has 2 aromatic carbocycles. The van der Waals surface area contributed by atoms with Crippen LogP contribution in [0.25, 0.3) is 0 Å². The predicted molar refractivity (Wildman–Crippen MR) is 84.5 cm³/mol. The number of rotatable bonds is 4. The van der Waals surface area contributed by atoms with Crippen LogP contribution in [0.1, 0.15) is 12.5 Å². The van der Waals surface area contributed by atoms with Gasteiger partial charge in [-0.05, 0) is 29.8 Å². The fourth-order valence-electron chi connectivity index (χ4n) is 1.89. The Bertz CT molecular complexity index is 702. The van der Waals surface area contributed by atoms with Crippen molar-refractivity contribution >= 4 is 34.8 Å². The van der Waals surface area contributed by atoms with E-state index in [9.17, 15) is 14.0 Å². The summed E-state index contributed by atoms with van der Waals surface area (Å²) in [5.41, 5.74) is 1.44. The zero-order valence-electron chi connectivity index (χ0n) is 11.8. The van der Waals surface area contributed by atoms with Crippen molar-refractivity contribution in [3.63, 3.8) is 0 Å². The SMILES string of the molecule is CC(=O)Nc1ccc(CC(=O)Nc2cccc(Cl)c2F)cc1. The van der Waals surface area contributed by atoms with Crippen molar-refractivity contribution in [2.24, 2.45) is 0 Å². The predicted octanol–water partition coefficient (Wildman–Crippen LogP) is 3.62. The van der Waals surface area contributed by atoms with Crippen molar-refractivity contribution in [3.8, 4) is 0 Å². The number of amides is 2. The summed E-state index contributed by atoms with van der Waals surface area (Å²) in [6.45, 7) is 1.42. The van der Waals surface area contributed by atoms with Crippen LogP contribution in [0.2, 0.25) is 5.02 Å². The molecule has 0 aliphatic carbocycles. The molecule has 0 aliphatic heterocycles. The van der Waals surface area contributed by atoms with Crippen molar-refractivity contribution in [1.29, 1.82) is 0 Å². The minimum Gasteiger partial charge on any atom is -0.326 e. The largest absolute Gasteiger partial charge is 0.326 e. The fourth-order valence-corrected chi connectivity index (χ4v) is 2.06. The average Bonchev–Trinajstić information content (AvgIpc) is 2.45. The second-order valence-corrected chi connectivity index (χ2v) is 5.11. The normalized spacial score (nSPS) is 10.1.